The van der Waals surface area contributed by atoms with Crippen LogP contribution in [0.2, 0.25) is 0 Å². The van der Waals surface area contributed by atoms with Crippen molar-refractivity contribution in [3.8, 4) is 17.2 Å². The molecule has 0 fully saturated rings. The Hall–Kier alpha value is -1.96. The van der Waals surface area contributed by atoms with E-state index in [0.717, 1.165) is 24.3 Å². The summed E-state index contributed by atoms with van der Waals surface area (Å²) in [6.45, 7) is 6.40. The van der Waals surface area contributed by atoms with Gasteiger partial charge in [0.1, 0.15) is 5.75 Å². The number of hydrogen-bond acceptors (Lipinski definition) is 6. The van der Waals surface area contributed by atoms with Gasteiger partial charge in [0.25, 0.3) is 10.7 Å². The van der Waals surface area contributed by atoms with E-state index in [9.17, 15) is 0 Å². The maximum Gasteiger partial charge on any atom is 0.288 e. The molecule has 4 rings (SSSR count). The lowest BCUT2D eigenvalue weighted by Crippen LogP contribution is -2.35. The molecule has 26 heavy (non-hydrogen) atoms. The minimum absolute atomic E-state index is 0.350. The zero-order valence-corrected chi connectivity index (χ0v) is 16.5. The molecule has 3 aromatic rings. The van der Waals surface area contributed by atoms with E-state index < -0.39 is 0 Å². The van der Waals surface area contributed by atoms with Crippen molar-refractivity contribution in [2.75, 3.05) is 13.2 Å². The monoisotopic (exact) mass is 387 g/mol. The fourth-order valence-electron chi connectivity index (χ4n) is 3.36. The maximum atomic E-state index is 5.78. The molecule has 0 N–H and O–H groups in total. The van der Waals surface area contributed by atoms with Gasteiger partial charge < -0.3 is 9.15 Å². The summed E-state index contributed by atoms with van der Waals surface area (Å²) < 4.78 is 13.2. The van der Waals surface area contributed by atoms with E-state index in [-0.39, 0.29) is 0 Å². The summed E-state index contributed by atoms with van der Waals surface area (Å²) in [5.41, 5.74) is 2.24. The Morgan fingerprint density at radius 3 is 3.04 bits per heavy atom. The van der Waals surface area contributed by atoms with Gasteiger partial charge in [-0.1, -0.05) is 12.1 Å². The molecule has 0 spiro atoms. The lowest BCUT2D eigenvalue weighted by atomic mass is 10.0. The molecule has 1 aliphatic rings. The molecule has 7 heteroatoms. The van der Waals surface area contributed by atoms with Gasteiger partial charge in [0.2, 0.25) is 0 Å². The number of fused-ring (bicyclic) bond motifs is 1. The van der Waals surface area contributed by atoms with Crippen LogP contribution in [0.3, 0.4) is 0 Å². The standard InChI is InChI=1S/C19H21N3O2S2/c1-3-23-16-7-5-4-6-15(16)18-20-22(19(25)24-18)12-21-10-8-17-14(13(21)2)9-11-26-17/h4-7,9,11,13H,3,8,10,12H2,1-2H3/t13-/m0/s1. The minimum Gasteiger partial charge on any atom is -0.493 e. The first-order chi connectivity index (χ1) is 12.7. The number of hydrogen-bond donors (Lipinski definition) is 0. The third-order valence-electron chi connectivity index (χ3n) is 4.74. The molecule has 1 aliphatic heterocycles. The first-order valence-electron chi connectivity index (χ1n) is 8.78. The molecular weight excluding hydrogens is 366 g/mol. The van der Waals surface area contributed by atoms with Gasteiger partial charge >= 0.3 is 0 Å². The number of aromatic nitrogens is 2. The van der Waals surface area contributed by atoms with Crippen LogP contribution in [-0.4, -0.2) is 27.8 Å². The molecular formula is C19H21N3O2S2. The molecule has 3 heterocycles. The Labute approximate surface area is 161 Å². The van der Waals surface area contributed by atoms with Crippen LogP contribution >= 0.6 is 23.6 Å². The Bertz CT molecular complexity index is 960. The summed E-state index contributed by atoms with van der Waals surface area (Å²) in [7, 11) is 0. The second kappa shape index (κ2) is 7.34. The molecule has 0 bridgehead atoms. The van der Waals surface area contributed by atoms with Crippen molar-refractivity contribution >= 4 is 23.6 Å². The molecule has 2 aromatic heterocycles. The van der Waals surface area contributed by atoms with Crippen molar-refractivity contribution in [2.45, 2.75) is 33.0 Å². The Kier molecular flexibility index (Phi) is 4.93. The average Bonchev–Trinajstić information content (AvgIpc) is 3.26. The SMILES string of the molecule is CCOc1ccccc1-c1nn(CN2CCc3sccc3[C@@H]2C)c(=S)o1. The average molecular weight is 388 g/mol. The largest absolute Gasteiger partial charge is 0.493 e. The van der Waals surface area contributed by atoms with Gasteiger partial charge in [0, 0.05) is 17.5 Å². The van der Waals surface area contributed by atoms with Gasteiger partial charge in [-0.3, -0.25) is 4.90 Å². The molecule has 1 aromatic carbocycles. The van der Waals surface area contributed by atoms with Gasteiger partial charge in [-0.05, 0) is 61.6 Å². The van der Waals surface area contributed by atoms with Gasteiger partial charge in [-0.15, -0.1) is 16.4 Å². The summed E-state index contributed by atoms with van der Waals surface area (Å²) in [5, 5.41) is 6.80. The highest BCUT2D eigenvalue weighted by molar-refractivity contribution is 7.71. The van der Waals surface area contributed by atoms with Crippen LogP contribution in [0, 0.1) is 4.84 Å². The minimum atomic E-state index is 0.350. The van der Waals surface area contributed by atoms with E-state index in [1.807, 2.05) is 42.5 Å². The van der Waals surface area contributed by atoms with E-state index in [0.29, 0.717) is 30.0 Å². The fourth-order valence-corrected chi connectivity index (χ4v) is 4.50. The highest BCUT2D eigenvalue weighted by atomic mass is 32.1. The zero-order valence-electron chi connectivity index (χ0n) is 14.8. The lowest BCUT2D eigenvalue weighted by molar-refractivity contribution is 0.142. The number of benzene rings is 1. The Morgan fingerprint density at radius 1 is 1.35 bits per heavy atom. The van der Waals surface area contributed by atoms with Crippen molar-refractivity contribution in [2.24, 2.45) is 0 Å². The number of thiophene rings is 1. The van der Waals surface area contributed by atoms with E-state index in [2.05, 4.69) is 28.4 Å². The van der Waals surface area contributed by atoms with E-state index in [1.54, 1.807) is 4.68 Å². The highest BCUT2D eigenvalue weighted by Gasteiger charge is 2.25. The van der Waals surface area contributed by atoms with Crippen molar-refractivity contribution < 1.29 is 9.15 Å². The highest BCUT2D eigenvalue weighted by Crippen LogP contribution is 2.33. The lowest BCUT2D eigenvalue weighted by Gasteiger charge is -2.32. The molecule has 136 valence electrons. The second-order valence-electron chi connectivity index (χ2n) is 6.28. The predicted molar refractivity (Wildman–Crippen MR) is 105 cm³/mol. The van der Waals surface area contributed by atoms with E-state index >= 15 is 0 Å². The van der Waals surface area contributed by atoms with Crippen LogP contribution in [0.15, 0.2) is 40.1 Å². The smallest absolute Gasteiger partial charge is 0.288 e. The number of nitrogens with zero attached hydrogens (tertiary/aromatic N) is 3. The number of rotatable bonds is 5. The normalized spacial score (nSPS) is 17.2. The fraction of sp³-hybridized carbons (Fsp3) is 0.368. The van der Waals surface area contributed by atoms with Gasteiger partial charge in [0.15, 0.2) is 0 Å². The van der Waals surface area contributed by atoms with Crippen molar-refractivity contribution in [1.29, 1.82) is 0 Å². The molecule has 0 amide bonds. The summed E-state index contributed by atoms with van der Waals surface area (Å²) in [6, 6.07) is 10.3. The Morgan fingerprint density at radius 2 is 2.19 bits per heavy atom. The first-order valence-corrected chi connectivity index (χ1v) is 10.1. The van der Waals surface area contributed by atoms with Crippen molar-refractivity contribution in [3.05, 3.63) is 51.0 Å². The molecule has 0 radical (unpaired) electrons. The van der Waals surface area contributed by atoms with Crippen LogP contribution in [0.4, 0.5) is 0 Å². The number of para-hydroxylation sites is 1. The first kappa shape index (κ1) is 17.5. The quantitative estimate of drug-likeness (QED) is 0.582. The molecule has 1 atom stereocenters. The van der Waals surface area contributed by atoms with Crippen LogP contribution in [0.25, 0.3) is 11.5 Å². The van der Waals surface area contributed by atoms with Crippen LogP contribution < -0.4 is 4.74 Å². The molecule has 0 aliphatic carbocycles. The van der Waals surface area contributed by atoms with Gasteiger partial charge in [0.05, 0.1) is 18.8 Å². The Balaban J connectivity index is 1.59. The van der Waals surface area contributed by atoms with Gasteiger partial charge in [-0.2, -0.15) is 0 Å². The van der Waals surface area contributed by atoms with Crippen LogP contribution in [0.5, 0.6) is 5.75 Å². The molecule has 0 unspecified atom stereocenters. The third-order valence-corrected chi connectivity index (χ3v) is 6.03. The number of ether oxygens (including phenoxy) is 1. The van der Waals surface area contributed by atoms with Crippen LogP contribution in [0.1, 0.15) is 30.3 Å². The molecule has 0 saturated carbocycles. The summed E-state index contributed by atoms with van der Waals surface area (Å²) in [4.78, 5) is 4.25. The molecule has 0 saturated heterocycles. The van der Waals surface area contributed by atoms with Crippen LogP contribution in [-0.2, 0) is 13.1 Å². The summed E-state index contributed by atoms with van der Waals surface area (Å²) >= 11 is 7.26. The summed E-state index contributed by atoms with van der Waals surface area (Å²) in [5.74, 6) is 1.26. The van der Waals surface area contributed by atoms with E-state index in [1.165, 1.54) is 10.4 Å². The van der Waals surface area contributed by atoms with Gasteiger partial charge in [-0.25, -0.2) is 4.68 Å². The van der Waals surface area contributed by atoms with Crippen molar-refractivity contribution in [1.82, 2.24) is 14.7 Å². The third kappa shape index (κ3) is 3.22. The summed E-state index contributed by atoms with van der Waals surface area (Å²) in [6.07, 6.45) is 1.07. The maximum absolute atomic E-state index is 5.78. The zero-order chi connectivity index (χ0) is 18.1. The second-order valence-corrected chi connectivity index (χ2v) is 7.63. The van der Waals surface area contributed by atoms with Crippen molar-refractivity contribution in [3.63, 3.8) is 0 Å². The van der Waals surface area contributed by atoms with E-state index in [4.69, 9.17) is 21.4 Å². The topological polar surface area (TPSA) is 43.4 Å². The molecule has 5 nitrogen and oxygen atoms in total. The predicted octanol–water partition coefficient (Wildman–Crippen LogP) is 4.91.